The maximum Gasteiger partial charge on any atom is 0.219 e. The number of anilines is 1. The molecule has 1 saturated carbocycles. The van der Waals surface area contributed by atoms with Crippen molar-refractivity contribution >= 4 is 22.6 Å². The first-order valence-corrected chi connectivity index (χ1v) is 12.9. The number of rotatable bonds is 3. The van der Waals surface area contributed by atoms with Gasteiger partial charge in [0.05, 0.1) is 23.3 Å². The maximum absolute atomic E-state index is 12.2. The molecule has 3 aliphatic rings. The van der Waals surface area contributed by atoms with Gasteiger partial charge in [0.25, 0.3) is 0 Å². The first-order chi connectivity index (χ1) is 16.6. The summed E-state index contributed by atoms with van der Waals surface area (Å²) in [7, 11) is 0. The molecule has 2 aliphatic heterocycles. The lowest BCUT2D eigenvalue weighted by atomic mass is 9.61. The van der Waals surface area contributed by atoms with E-state index in [0.717, 1.165) is 42.9 Å². The van der Waals surface area contributed by atoms with Crippen LogP contribution in [-0.4, -0.2) is 69.0 Å². The van der Waals surface area contributed by atoms with Crippen molar-refractivity contribution in [2.75, 3.05) is 37.6 Å². The molecule has 2 aromatic heterocycles. The van der Waals surface area contributed by atoms with Crippen LogP contribution in [0.2, 0.25) is 0 Å². The van der Waals surface area contributed by atoms with Crippen molar-refractivity contribution in [3.05, 3.63) is 29.1 Å². The summed E-state index contributed by atoms with van der Waals surface area (Å²) < 4.78 is 2.31. The molecule has 3 fully saturated rings. The van der Waals surface area contributed by atoms with Gasteiger partial charge in [0.2, 0.25) is 5.91 Å². The lowest BCUT2D eigenvalue weighted by molar-refractivity contribution is -0.130. The van der Waals surface area contributed by atoms with Crippen LogP contribution in [0.3, 0.4) is 0 Å². The minimum atomic E-state index is -0.226. The Labute approximate surface area is 207 Å². The van der Waals surface area contributed by atoms with Gasteiger partial charge in [-0.1, -0.05) is 0 Å². The van der Waals surface area contributed by atoms with E-state index in [2.05, 4.69) is 65.8 Å². The van der Waals surface area contributed by atoms with Crippen molar-refractivity contribution in [3.8, 4) is 11.1 Å². The van der Waals surface area contributed by atoms with E-state index in [1.165, 1.54) is 40.8 Å². The third-order valence-electron chi connectivity index (χ3n) is 8.93. The highest BCUT2D eigenvalue weighted by Crippen LogP contribution is 2.53. The van der Waals surface area contributed by atoms with Gasteiger partial charge in [0, 0.05) is 61.9 Å². The number of nitrogens with zero attached hydrogens (tertiary/aromatic N) is 5. The number of aryl methyl sites for hydroxylation is 1. The highest BCUT2D eigenvalue weighted by atomic mass is 16.2. The second-order valence-electron chi connectivity index (χ2n) is 11.8. The third kappa shape index (κ3) is 3.33. The molecule has 1 amide bonds. The Morgan fingerprint density at radius 3 is 2.49 bits per heavy atom. The number of aromatic amines is 1. The second kappa shape index (κ2) is 7.56. The van der Waals surface area contributed by atoms with E-state index in [0.29, 0.717) is 18.0 Å². The van der Waals surface area contributed by atoms with Gasteiger partial charge in [-0.05, 0) is 70.1 Å². The Balaban J connectivity index is 1.52. The van der Waals surface area contributed by atoms with Gasteiger partial charge < -0.3 is 15.1 Å². The fourth-order valence-electron chi connectivity index (χ4n) is 6.69. The molecule has 1 aliphatic carbocycles. The van der Waals surface area contributed by atoms with E-state index in [9.17, 15) is 4.79 Å². The Bertz CT molecular complexity index is 1320. The number of carbonyl (C=O) groups is 1. The summed E-state index contributed by atoms with van der Waals surface area (Å²) in [5.74, 6) is 1.18. The number of nitrogens with one attached hydrogen (secondary N) is 2. The number of H-pyrrole nitrogens is 1. The van der Waals surface area contributed by atoms with Crippen LogP contribution in [0.15, 0.2) is 12.3 Å². The predicted octanol–water partition coefficient (Wildman–Crippen LogP) is 3.72. The van der Waals surface area contributed by atoms with E-state index in [1.54, 1.807) is 6.92 Å². The van der Waals surface area contributed by atoms with Crippen LogP contribution in [-0.2, 0) is 4.79 Å². The Morgan fingerprint density at radius 1 is 1.11 bits per heavy atom. The summed E-state index contributed by atoms with van der Waals surface area (Å²) in [6.07, 6.45) is 4.34. The Kier molecular flexibility index (Phi) is 4.88. The van der Waals surface area contributed by atoms with Gasteiger partial charge in [-0.15, -0.1) is 0 Å². The van der Waals surface area contributed by atoms with Gasteiger partial charge in [0.1, 0.15) is 0 Å². The molecule has 1 aromatic carbocycles. The van der Waals surface area contributed by atoms with Crippen LogP contribution in [0.1, 0.15) is 56.5 Å². The molecule has 0 bridgehead atoms. The summed E-state index contributed by atoms with van der Waals surface area (Å²) in [6, 6.07) is 2.63. The standard InChI is InChI=1S/C27H37N7O/c1-16-9-22-21(12-29-30-22)23(17(16)2)24-18(3)34(20-10-27(11-20)13-28-14-27)31-25(24)33-8-7-32(19(4)35)15-26(33,5)6/h9,12,20,28H,7-8,10-11,13-15H2,1-6H3,(H,29,30). The van der Waals surface area contributed by atoms with E-state index in [-0.39, 0.29) is 11.4 Å². The van der Waals surface area contributed by atoms with Crippen LogP contribution < -0.4 is 10.2 Å². The molecule has 186 valence electrons. The van der Waals surface area contributed by atoms with Crippen LogP contribution in [0, 0.1) is 26.2 Å². The fraction of sp³-hybridized carbons (Fsp3) is 0.593. The number of aromatic nitrogens is 4. The van der Waals surface area contributed by atoms with Crippen molar-refractivity contribution in [1.29, 1.82) is 0 Å². The first-order valence-electron chi connectivity index (χ1n) is 12.9. The number of piperazine rings is 1. The molecule has 0 radical (unpaired) electrons. The quantitative estimate of drug-likeness (QED) is 0.603. The average molecular weight is 476 g/mol. The van der Waals surface area contributed by atoms with E-state index in [4.69, 9.17) is 5.10 Å². The van der Waals surface area contributed by atoms with Gasteiger partial charge >= 0.3 is 0 Å². The lowest BCUT2D eigenvalue weighted by Gasteiger charge is -2.54. The number of benzene rings is 1. The Morgan fingerprint density at radius 2 is 1.86 bits per heavy atom. The molecule has 3 aromatic rings. The number of amides is 1. The summed E-state index contributed by atoms with van der Waals surface area (Å²) in [5, 5.41) is 17.6. The van der Waals surface area contributed by atoms with Gasteiger partial charge in [0.15, 0.2) is 5.82 Å². The molecule has 4 heterocycles. The molecule has 8 heteroatoms. The number of carbonyl (C=O) groups excluding carboxylic acids is 1. The largest absolute Gasteiger partial charge is 0.346 e. The van der Waals surface area contributed by atoms with Crippen LogP contribution in [0.5, 0.6) is 0 Å². The number of hydrogen-bond acceptors (Lipinski definition) is 5. The zero-order valence-corrected chi connectivity index (χ0v) is 21.8. The minimum absolute atomic E-state index is 0.142. The van der Waals surface area contributed by atoms with Crippen molar-refractivity contribution in [3.63, 3.8) is 0 Å². The number of hydrogen-bond donors (Lipinski definition) is 2. The molecule has 1 spiro atoms. The zero-order chi connectivity index (χ0) is 24.7. The average Bonchev–Trinajstić information content (AvgIpc) is 3.31. The van der Waals surface area contributed by atoms with Crippen molar-refractivity contribution in [2.45, 2.75) is 66.0 Å². The maximum atomic E-state index is 12.2. The first kappa shape index (κ1) is 22.6. The van der Waals surface area contributed by atoms with E-state index in [1.807, 2.05) is 11.1 Å². The molecule has 2 saturated heterocycles. The SMILES string of the molecule is CC(=O)N1CCN(c2nn(C3CC4(CNC4)C3)c(C)c2-c2c(C)c(C)cc3[nH]ncc23)C(C)(C)C1. The topological polar surface area (TPSA) is 82.1 Å². The molecule has 0 atom stereocenters. The minimum Gasteiger partial charge on any atom is -0.346 e. The summed E-state index contributed by atoms with van der Waals surface area (Å²) >= 11 is 0. The highest BCUT2D eigenvalue weighted by Gasteiger charge is 2.50. The summed E-state index contributed by atoms with van der Waals surface area (Å²) in [4.78, 5) is 16.6. The van der Waals surface area contributed by atoms with E-state index >= 15 is 0 Å². The highest BCUT2D eigenvalue weighted by molar-refractivity contribution is 6.00. The summed E-state index contributed by atoms with van der Waals surface area (Å²) in [5.41, 5.74) is 7.52. The zero-order valence-electron chi connectivity index (χ0n) is 21.8. The van der Waals surface area contributed by atoms with Crippen molar-refractivity contribution in [1.82, 2.24) is 30.2 Å². The molecule has 8 nitrogen and oxygen atoms in total. The molecule has 6 rings (SSSR count). The van der Waals surface area contributed by atoms with Crippen LogP contribution >= 0.6 is 0 Å². The van der Waals surface area contributed by atoms with Crippen LogP contribution in [0.25, 0.3) is 22.0 Å². The van der Waals surface area contributed by atoms with Crippen molar-refractivity contribution in [2.24, 2.45) is 5.41 Å². The Hall–Kier alpha value is -2.87. The number of fused-ring (bicyclic) bond motifs is 1. The smallest absolute Gasteiger partial charge is 0.219 e. The van der Waals surface area contributed by atoms with E-state index < -0.39 is 0 Å². The lowest BCUT2D eigenvalue weighted by Crippen LogP contribution is -2.61. The molecule has 2 N–H and O–H groups in total. The van der Waals surface area contributed by atoms with Gasteiger partial charge in [-0.2, -0.15) is 10.2 Å². The van der Waals surface area contributed by atoms with Crippen molar-refractivity contribution < 1.29 is 4.79 Å². The predicted molar refractivity (Wildman–Crippen MR) is 139 cm³/mol. The molecule has 0 unspecified atom stereocenters. The third-order valence-corrected chi connectivity index (χ3v) is 8.93. The van der Waals surface area contributed by atoms with Gasteiger partial charge in [-0.25, -0.2) is 0 Å². The molecule has 35 heavy (non-hydrogen) atoms. The normalized spacial score (nSPS) is 21.4. The van der Waals surface area contributed by atoms with Crippen LogP contribution in [0.4, 0.5) is 5.82 Å². The monoisotopic (exact) mass is 475 g/mol. The van der Waals surface area contributed by atoms with Gasteiger partial charge in [-0.3, -0.25) is 14.6 Å². The molecular formula is C27H37N7O. The molecular weight excluding hydrogens is 438 g/mol. The fourth-order valence-corrected chi connectivity index (χ4v) is 6.69. The summed E-state index contributed by atoms with van der Waals surface area (Å²) in [6.45, 7) is 17.2. The second-order valence-corrected chi connectivity index (χ2v) is 11.8.